The number of anilines is 2. The average molecular weight is 393 g/mol. The minimum absolute atomic E-state index is 0.252. The van der Waals surface area contributed by atoms with Crippen LogP contribution < -0.4 is 10.6 Å². The summed E-state index contributed by atoms with van der Waals surface area (Å²) < 4.78 is 6.84. The first kappa shape index (κ1) is 18.9. The quantitative estimate of drug-likeness (QED) is 0.705. The Morgan fingerprint density at radius 1 is 1.07 bits per heavy atom. The molecule has 2 aromatic heterocycles. The Labute approximate surface area is 168 Å². The molecule has 0 radical (unpaired) electrons. The summed E-state index contributed by atoms with van der Waals surface area (Å²) in [6, 6.07) is 7.52. The van der Waals surface area contributed by atoms with Crippen molar-refractivity contribution in [3.05, 3.63) is 58.4 Å². The number of amides is 2. The third kappa shape index (κ3) is 3.78. The Morgan fingerprint density at radius 3 is 2.66 bits per heavy atom. The zero-order valence-corrected chi connectivity index (χ0v) is 16.7. The summed E-state index contributed by atoms with van der Waals surface area (Å²) in [6.45, 7) is 6.32. The van der Waals surface area contributed by atoms with Crippen molar-refractivity contribution in [1.29, 1.82) is 0 Å². The normalized spacial score (nSPS) is 13.1. The molecule has 0 bridgehead atoms. The van der Waals surface area contributed by atoms with Gasteiger partial charge in [0, 0.05) is 18.3 Å². The van der Waals surface area contributed by atoms with Crippen LogP contribution in [0, 0.1) is 20.8 Å². The molecule has 150 valence electrons. The van der Waals surface area contributed by atoms with Crippen molar-refractivity contribution >= 4 is 23.3 Å². The molecule has 2 N–H and O–H groups in total. The number of nitrogens with zero attached hydrogens (tertiary/aromatic N) is 3. The highest BCUT2D eigenvalue weighted by Crippen LogP contribution is 2.24. The van der Waals surface area contributed by atoms with E-state index < -0.39 is 5.91 Å². The van der Waals surface area contributed by atoms with E-state index in [2.05, 4.69) is 20.8 Å². The van der Waals surface area contributed by atoms with Crippen molar-refractivity contribution in [2.24, 2.45) is 0 Å². The van der Waals surface area contributed by atoms with Gasteiger partial charge in [-0.15, -0.1) is 0 Å². The van der Waals surface area contributed by atoms with Gasteiger partial charge in [-0.2, -0.15) is 0 Å². The molecule has 0 aliphatic carbocycles. The molecular weight excluding hydrogens is 370 g/mol. The molecule has 1 aromatic carbocycles. The number of imidazole rings is 1. The van der Waals surface area contributed by atoms with Gasteiger partial charge < -0.3 is 19.7 Å². The molecule has 2 amide bonds. The zero-order chi connectivity index (χ0) is 20.5. The molecule has 8 nitrogen and oxygen atoms in total. The SMILES string of the molecule is Cc1ccc(C)c(NC(=O)c2nc(C(=O)Nc3cc(C)on3)c3n2CCCC3)c1. The van der Waals surface area contributed by atoms with Gasteiger partial charge in [-0.3, -0.25) is 9.59 Å². The summed E-state index contributed by atoms with van der Waals surface area (Å²) >= 11 is 0. The Kier molecular flexibility index (Phi) is 4.92. The van der Waals surface area contributed by atoms with Gasteiger partial charge in [-0.1, -0.05) is 17.3 Å². The average Bonchev–Trinajstić information content (AvgIpc) is 3.28. The van der Waals surface area contributed by atoms with Crippen molar-refractivity contribution in [2.75, 3.05) is 10.6 Å². The molecule has 0 atom stereocenters. The van der Waals surface area contributed by atoms with E-state index in [1.807, 2.05) is 36.6 Å². The fourth-order valence-electron chi connectivity index (χ4n) is 3.55. The fourth-order valence-corrected chi connectivity index (χ4v) is 3.55. The lowest BCUT2D eigenvalue weighted by molar-refractivity contribution is 0.101. The van der Waals surface area contributed by atoms with Crippen molar-refractivity contribution in [1.82, 2.24) is 14.7 Å². The molecule has 0 unspecified atom stereocenters. The molecule has 1 aliphatic rings. The van der Waals surface area contributed by atoms with Crippen LogP contribution in [-0.4, -0.2) is 26.5 Å². The summed E-state index contributed by atoms with van der Waals surface area (Å²) in [6.07, 6.45) is 2.59. The van der Waals surface area contributed by atoms with Gasteiger partial charge in [0.2, 0.25) is 0 Å². The Morgan fingerprint density at radius 2 is 1.90 bits per heavy atom. The van der Waals surface area contributed by atoms with Crippen molar-refractivity contribution in [2.45, 2.75) is 46.6 Å². The first-order valence-corrected chi connectivity index (χ1v) is 9.65. The number of rotatable bonds is 4. The molecular formula is C21H23N5O3. The lowest BCUT2D eigenvalue weighted by atomic mass is 10.1. The number of hydrogen-bond donors (Lipinski definition) is 2. The van der Waals surface area contributed by atoms with Gasteiger partial charge in [0.1, 0.15) is 5.76 Å². The van der Waals surface area contributed by atoms with E-state index in [9.17, 15) is 9.59 Å². The van der Waals surface area contributed by atoms with Crippen LogP contribution >= 0.6 is 0 Å². The number of aromatic nitrogens is 3. The van der Waals surface area contributed by atoms with Gasteiger partial charge in [-0.05, 0) is 57.2 Å². The van der Waals surface area contributed by atoms with E-state index in [0.717, 1.165) is 35.3 Å². The minimum Gasteiger partial charge on any atom is -0.360 e. The molecule has 0 spiro atoms. The molecule has 8 heteroatoms. The molecule has 3 heterocycles. The van der Waals surface area contributed by atoms with E-state index >= 15 is 0 Å². The number of benzene rings is 1. The van der Waals surface area contributed by atoms with Crippen LogP contribution in [0.3, 0.4) is 0 Å². The maximum absolute atomic E-state index is 13.0. The molecule has 4 rings (SSSR count). The Balaban J connectivity index is 1.64. The van der Waals surface area contributed by atoms with Gasteiger partial charge in [0.05, 0.1) is 5.69 Å². The Hall–Kier alpha value is -3.42. The number of hydrogen-bond acceptors (Lipinski definition) is 5. The highest BCUT2D eigenvalue weighted by Gasteiger charge is 2.28. The van der Waals surface area contributed by atoms with E-state index in [1.54, 1.807) is 13.0 Å². The van der Waals surface area contributed by atoms with Gasteiger partial charge in [0.25, 0.3) is 11.8 Å². The smallest absolute Gasteiger partial charge is 0.291 e. The van der Waals surface area contributed by atoms with Crippen LogP contribution in [0.15, 0.2) is 28.8 Å². The minimum atomic E-state index is -0.394. The molecule has 3 aromatic rings. The summed E-state index contributed by atoms with van der Waals surface area (Å²) in [5, 5.41) is 9.43. The number of nitrogens with one attached hydrogen (secondary N) is 2. The number of carbonyl (C=O) groups excluding carboxylic acids is 2. The maximum atomic E-state index is 13.0. The van der Waals surface area contributed by atoms with E-state index in [-0.39, 0.29) is 17.4 Å². The number of carbonyl (C=O) groups is 2. The second kappa shape index (κ2) is 7.54. The van der Waals surface area contributed by atoms with Gasteiger partial charge in [-0.25, -0.2) is 4.98 Å². The highest BCUT2D eigenvalue weighted by atomic mass is 16.5. The van der Waals surface area contributed by atoms with E-state index in [4.69, 9.17) is 4.52 Å². The van der Waals surface area contributed by atoms with Crippen molar-refractivity contribution in [3.8, 4) is 0 Å². The van der Waals surface area contributed by atoms with Crippen molar-refractivity contribution < 1.29 is 14.1 Å². The monoisotopic (exact) mass is 393 g/mol. The molecule has 0 fully saturated rings. The standard InChI is InChI=1S/C21H23N5O3/c1-12-7-8-13(2)15(10-12)22-21(28)19-24-18(16-6-4-5-9-26(16)19)20(27)23-17-11-14(3)29-25-17/h7-8,10-11H,4-6,9H2,1-3H3,(H,22,28)(H,23,25,27). The van der Waals surface area contributed by atoms with Crippen LogP contribution in [0.1, 0.15) is 56.5 Å². The second-order valence-electron chi connectivity index (χ2n) is 7.39. The number of fused-ring (bicyclic) bond motifs is 1. The first-order valence-electron chi connectivity index (χ1n) is 9.65. The van der Waals surface area contributed by atoms with Gasteiger partial charge >= 0.3 is 0 Å². The highest BCUT2D eigenvalue weighted by molar-refractivity contribution is 6.06. The van der Waals surface area contributed by atoms with E-state index in [1.165, 1.54) is 0 Å². The van der Waals surface area contributed by atoms with Crippen LogP contribution in [0.4, 0.5) is 11.5 Å². The summed E-state index contributed by atoms with van der Waals surface area (Å²) in [5.41, 5.74) is 3.80. The zero-order valence-electron chi connectivity index (χ0n) is 16.7. The summed E-state index contributed by atoms with van der Waals surface area (Å²) in [5.74, 6) is 0.460. The predicted molar refractivity (Wildman–Crippen MR) is 108 cm³/mol. The van der Waals surface area contributed by atoms with Crippen LogP contribution in [-0.2, 0) is 13.0 Å². The number of aryl methyl sites for hydroxylation is 3. The predicted octanol–water partition coefficient (Wildman–Crippen LogP) is 3.64. The molecule has 0 saturated carbocycles. The topological polar surface area (TPSA) is 102 Å². The lowest BCUT2D eigenvalue weighted by Crippen LogP contribution is -2.21. The first-order chi connectivity index (χ1) is 13.9. The lowest BCUT2D eigenvalue weighted by Gasteiger charge is -2.17. The second-order valence-corrected chi connectivity index (χ2v) is 7.39. The van der Waals surface area contributed by atoms with Crippen LogP contribution in [0.25, 0.3) is 0 Å². The maximum Gasteiger partial charge on any atom is 0.291 e. The third-order valence-electron chi connectivity index (χ3n) is 5.05. The fraction of sp³-hybridized carbons (Fsp3) is 0.333. The molecule has 29 heavy (non-hydrogen) atoms. The van der Waals surface area contributed by atoms with E-state index in [0.29, 0.717) is 24.5 Å². The summed E-state index contributed by atoms with van der Waals surface area (Å²) in [7, 11) is 0. The van der Waals surface area contributed by atoms with Gasteiger partial charge in [0.15, 0.2) is 17.3 Å². The third-order valence-corrected chi connectivity index (χ3v) is 5.05. The van der Waals surface area contributed by atoms with Crippen LogP contribution in [0.2, 0.25) is 0 Å². The molecule has 0 saturated heterocycles. The summed E-state index contributed by atoms with van der Waals surface area (Å²) in [4.78, 5) is 30.2. The largest absolute Gasteiger partial charge is 0.360 e. The Bertz CT molecular complexity index is 1100. The van der Waals surface area contributed by atoms with Crippen molar-refractivity contribution in [3.63, 3.8) is 0 Å². The van der Waals surface area contributed by atoms with Crippen LogP contribution in [0.5, 0.6) is 0 Å². The molecule has 1 aliphatic heterocycles.